The SMILES string of the molecule is CC(=O)c1ccc(NC(=O)C(C)SCc2ccccc2)cc1. The third-order valence-electron chi connectivity index (χ3n) is 3.27. The number of rotatable bonds is 6. The monoisotopic (exact) mass is 313 g/mol. The Morgan fingerprint density at radius 3 is 2.27 bits per heavy atom. The van der Waals surface area contributed by atoms with Crippen molar-refractivity contribution in [2.75, 3.05) is 5.32 Å². The second-order valence-electron chi connectivity index (χ2n) is 5.06. The lowest BCUT2D eigenvalue weighted by Gasteiger charge is -2.12. The molecule has 0 aromatic heterocycles. The Balaban J connectivity index is 1.87. The third-order valence-corrected chi connectivity index (χ3v) is 4.49. The molecule has 0 aliphatic heterocycles. The van der Waals surface area contributed by atoms with Gasteiger partial charge in [-0.2, -0.15) is 0 Å². The van der Waals surface area contributed by atoms with E-state index in [4.69, 9.17) is 0 Å². The molecule has 22 heavy (non-hydrogen) atoms. The number of benzene rings is 2. The summed E-state index contributed by atoms with van der Waals surface area (Å²) in [6.45, 7) is 3.42. The number of carbonyl (C=O) groups is 2. The molecule has 0 saturated carbocycles. The van der Waals surface area contributed by atoms with E-state index in [1.54, 1.807) is 36.0 Å². The third kappa shape index (κ3) is 4.74. The van der Waals surface area contributed by atoms with Crippen molar-refractivity contribution in [3.8, 4) is 0 Å². The van der Waals surface area contributed by atoms with Gasteiger partial charge in [-0.1, -0.05) is 30.3 Å². The molecule has 0 aliphatic carbocycles. The number of ketones is 1. The summed E-state index contributed by atoms with van der Waals surface area (Å²) in [5.41, 5.74) is 2.56. The van der Waals surface area contributed by atoms with Crippen LogP contribution < -0.4 is 5.32 Å². The minimum Gasteiger partial charge on any atom is -0.325 e. The van der Waals surface area contributed by atoms with E-state index in [1.165, 1.54) is 12.5 Å². The Morgan fingerprint density at radius 2 is 1.68 bits per heavy atom. The van der Waals surface area contributed by atoms with E-state index in [1.807, 2.05) is 25.1 Å². The second kappa shape index (κ2) is 7.80. The first kappa shape index (κ1) is 16.3. The zero-order chi connectivity index (χ0) is 15.9. The van der Waals surface area contributed by atoms with Crippen LogP contribution in [0.3, 0.4) is 0 Å². The van der Waals surface area contributed by atoms with Gasteiger partial charge in [0.25, 0.3) is 0 Å². The largest absolute Gasteiger partial charge is 0.325 e. The van der Waals surface area contributed by atoms with Gasteiger partial charge < -0.3 is 5.32 Å². The molecule has 114 valence electrons. The zero-order valence-electron chi connectivity index (χ0n) is 12.7. The summed E-state index contributed by atoms with van der Waals surface area (Å²) in [5, 5.41) is 2.73. The Labute approximate surface area is 135 Å². The summed E-state index contributed by atoms with van der Waals surface area (Å²) >= 11 is 1.60. The summed E-state index contributed by atoms with van der Waals surface area (Å²) in [6.07, 6.45) is 0. The van der Waals surface area contributed by atoms with Crippen LogP contribution >= 0.6 is 11.8 Å². The van der Waals surface area contributed by atoms with Gasteiger partial charge in [0, 0.05) is 17.0 Å². The van der Waals surface area contributed by atoms with Crippen LogP contribution in [-0.2, 0) is 10.5 Å². The highest BCUT2D eigenvalue weighted by molar-refractivity contribution is 7.99. The number of amides is 1. The van der Waals surface area contributed by atoms with Gasteiger partial charge in [0.15, 0.2) is 5.78 Å². The first-order valence-electron chi connectivity index (χ1n) is 7.13. The maximum absolute atomic E-state index is 12.2. The van der Waals surface area contributed by atoms with E-state index in [-0.39, 0.29) is 16.9 Å². The fourth-order valence-electron chi connectivity index (χ4n) is 1.90. The highest BCUT2D eigenvalue weighted by atomic mass is 32.2. The average Bonchev–Trinajstić information content (AvgIpc) is 2.54. The molecule has 1 N–H and O–H groups in total. The van der Waals surface area contributed by atoms with Crippen molar-refractivity contribution in [3.05, 3.63) is 65.7 Å². The van der Waals surface area contributed by atoms with Crippen molar-refractivity contribution in [3.63, 3.8) is 0 Å². The summed E-state index contributed by atoms with van der Waals surface area (Å²) < 4.78 is 0. The van der Waals surface area contributed by atoms with Gasteiger partial charge in [-0.05, 0) is 43.7 Å². The molecule has 3 nitrogen and oxygen atoms in total. The summed E-state index contributed by atoms with van der Waals surface area (Å²) in [7, 11) is 0. The summed E-state index contributed by atoms with van der Waals surface area (Å²) in [4.78, 5) is 23.4. The van der Waals surface area contributed by atoms with Gasteiger partial charge in [0.2, 0.25) is 5.91 Å². The lowest BCUT2D eigenvalue weighted by atomic mass is 10.1. The van der Waals surface area contributed by atoms with E-state index >= 15 is 0 Å². The lowest BCUT2D eigenvalue weighted by Crippen LogP contribution is -2.22. The van der Waals surface area contributed by atoms with Gasteiger partial charge in [-0.15, -0.1) is 11.8 Å². The Morgan fingerprint density at radius 1 is 1.05 bits per heavy atom. The number of anilines is 1. The van der Waals surface area contributed by atoms with Gasteiger partial charge in [0.1, 0.15) is 0 Å². The van der Waals surface area contributed by atoms with Gasteiger partial charge in [-0.25, -0.2) is 0 Å². The zero-order valence-corrected chi connectivity index (χ0v) is 13.5. The first-order valence-corrected chi connectivity index (χ1v) is 8.18. The van der Waals surface area contributed by atoms with Crippen LogP contribution in [0.5, 0.6) is 0 Å². The molecular weight excluding hydrogens is 294 g/mol. The molecule has 0 spiro atoms. The van der Waals surface area contributed by atoms with Crippen molar-refractivity contribution in [1.29, 1.82) is 0 Å². The Kier molecular flexibility index (Phi) is 5.78. The van der Waals surface area contributed by atoms with Crippen molar-refractivity contribution in [1.82, 2.24) is 0 Å². The molecule has 1 unspecified atom stereocenters. The van der Waals surface area contributed by atoms with Crippen LogP contribution in [0.1, 0.15) is 29.8 Å². The molecule has 2 rings (SSSR count). The summed E-state index contributed by atoms with van der Waals surface area (Å²) in [5.74, 6) is 0.791. The average molecular weight is 313 g/mol. The highest BCUT2D eigenvalue weighted by Crippen LogP contribution is 2.19. The van der Waals surface area contributed by atoms with Crippen molar-refractivity contribution in [2.24, 2.45) is 0 Å². The van der Waals surface area contributed by atoms with E-state index in [2.05, 4.69) is 17.4 Å². The minimum atomic E-state index is -0.146. The summed E-state index contributed by atoms with van der Waals surface area (Å²) in [6, 6.07) is 17.0. The molecule has 0 heterocycles. The van der Waals surface area contributed by atoms with E-state index in [0.29, 0.717) is 11.3 Å². The quantitative estimate of drug-likeness (QED) is 0.815. The van der Waals surface area contributed by atoms with Crippen molar-refractivity contribution < 1.29 is 9.59 Å². The number of thioether (sulfide) groups is 1. The van der Waals surface area contributed by atoms with Crippen LogP contribution in [0.15, 0.2) is 54.6 Å². The lowest BCUT2D eigenvalue weighted by molar-refractivity contribution is -0.115. The maximum atomic E-state index is 12.2. The molecule has 0 radical (unpaired) electrons. The molecule has 1 atom stereocenters. The molecule has 2 aromatic rings. The maximum Gasteiger partial charge on any atom is 0.237 e. The number of nitrogens with one attached hydrogen (secondary N) is 1. The molecule has 0 fully saturated rings. The van der Waals surface area contributed by atoms with Gasteiger partial charge in [-0.3, -0.25) is 9.59 Å². The van der Waals surface area contributed by atoms with Gasteiger partial charge in [0.05, 0.1) is 5.25 Å². The van der Waals surface area contributed by atoms with E-state index in [0.717, 1.165) is 5.75 Å². The van der Waals surface area contributed by atoms with Crippen LogP contribution in [-0.4, -0.2) is 16.9 Å². The topological polar surface area (TPSA) is 46.2 Å². The Hall–Kier alpha value is -2.07. The molecule has 1 amide bonds. The minimum absolute atomic E-state index is 0.0182. The highest BCUT2D eigenvalue weighted by Gasteiger charge is 2.13. The predicted molar refractivity (Wildman–Crippen MR) is 92.3 cm³/mol. The second-order valence-corrected chi connectivity index (χ2v) is 6.39. The molecule has 4 heteroatoms. The number of hydrogen-bond acceptors (Lipinski definition) is 3. The van der Waals surface area contributed by atoms with E-state index in [9.17, 15) is 9.59 Å². The smallest absolute Gasteiger partial charge is 0.237 e. The molecule has 0 saturated heterocycles. The van der Waals surface area contributed by atoms with Crippen LogP contribution in [0.4, 0.5) is 5.69 Å². The van der Waals surface area contributed by atoms with Crippen LogP contribution in [0.2, 0.25) is 0 Å². The molecule has 0 aliphatic rings. The number of carbonyl (C=O) groups excluding carboxylic acids is 2. The standard InChI is InChI=1S/C18H19NO2S/c1-13(20)16-8-10-17(11-9-16)19-18(21)14(2)22-12-15-6-4-3-5-7-15/h3-11,14H,12H2,1-2H3,(H,19,21). The molecule has 2 aromatic carbocycles. The molecule has 0 bridgehead atoms. The fraction of sp³-hybridized carbons (Fsp3) is 0.222. The van der Waals surface area contributed by atoms with E-state index < -0.39 is 0 Å². The van der Waals surface area contributed by atoms with Crippen LogP contribution in [0.25, 0.3) is 0 Å². The number of Topliss-reactive ketones (excluding diaryl/α,β-unsaturated/α-hetero) is 1. The first-order chi connectivity index (χ1) is 10.6. The van der Waals surface area contributed by atoms with Crippen molar-refractivity contribution >= 4 is 29.1 Å². The number of hydrogen-bond donors (Lipinski definition) is 1. The van der Waals surface area contributed by atoms with Gasteiger partial charge >= 0.3 is 0 Å². The predicted octanol–water partition coefficient (Wildman–Crippen LogP) is 4.15. The normalized spacial score (nSPS) is 11.7. The Bertz CT molecular complexity index is 638. The fourth-order valence-corrected chi connectivity index (χ4v) is 2.75. The molecular formula is C18H19NO2S. The van der Waals surface area contributed by atoms with Crippen LogP contribution in [0, 0.1) is 0 Å². The van der Waals surface area contributed by atoms with Crippen molar-refractivity contribution in [2.45, 2.75) is 24.9 Å².